The molecule has 7 nitrogen and oxygen atoms in total. The molecule has 0 spiro atoms. The molecule has 2 aromatic carbocycles. The summed E-state index contributed by atoms with van der Waals surface area (Å²) in [7, 11) is 1.35. The highest BCUT2D eigenvalue weighted by molar-refractivity contribution is 6.10. The van der Waals surface area contributed by atoms with E-state index in [0.29, 0.717) is 16.1 Å². The molecule has 0 saturated carbocycles. The lowest BCUT2D eigenvalue weighted by atomic mass is 9.83. The monoisotopic (exact) mass is 339 g/mol. The second kappa shape index (κ2) is 6.74. The van der Waals surface area contributed by atoms with Crippen molar-refractivity contribution in [1.82, 2.24) is 15.8 Å². The Morgan fingerprint density at radius 1 is 1.04 bits per heavy atom. The number of imide groups is 1. The quantitative estimate of drug-likeness (QED) is 0.800. The molecule has 128 valence electrons. The van der Waals surface area contributed by atoms with Crippen LogP contribution in [0.15, 0.2) is 60.7 Å². The van der Waals surface area contributed by atoms with E-state index in [1.54, 1.807) is 48.5 Å². The summed E-state index contributed by atoms with van der Waals surface area (Å²) in [5, 5.41) is 3.42. The van der Waals surface area contributed by atoms with Gasteiger partial charge in [-0.1, -0.05) is 60.7 Å². The second-order valence-corrected chi connectivity index (χ2v) is 5.52. The van der Waals surface area contributed by atoms with Gasteiger partial charge in [-0.25, -0.2) is 4.79 Å². The summed E-state index contributed by atoms with van der Waals surface area (Å²) < 4.78 is 4.72. The molecule has 4 amide bonds. The van der Waals surface area contributed by atoms with E-state index < -0.39 is 23.4 Å². The highest BCUT2D eigenvalue weighted by Gasteiger charge is 2.54. The first-order valence-electron chi connectivity index (χ1n) is 7.66. The molecular formula is C18H17N3O4. The number of nitrogens with zero attached hydrogens (tertiary/aromatic N) is 1. The Balaban J connectivity index is 2.06. The van der Waals surface area contributed by atoms with E-state index in [1.165, 1.54) is 7.11 Å². The molecule has 2 aromatic rings. The third-order valence-corrected chi connectivity index (χ3v) is 3.95. The Hall–Kier alpha value is -3.19. The SMILES string of the molecule is COCC(=O)NN1C(=O)NC(c2ccccc2)(c2ccccc2)C1=O. The predicted octanol–water partition coefficient (Wildman–Crippen LogP) is 1.16. The van der Waals surface area contributed by atoms with Gasteiger partial charge in [0.2, 0.25) is 0 Å². The van der Waals surface area contributed by atoms with Crippen LogP contribution in [-0.2, 0) is 19.9 Å². The molecule has 1 fully saturated rings. The molecule has 0 aromatic heterocycles. The van der Waals surface area contributed by atoms with E-state index in [9.17, 15) is 14.4 Å². The van der Waals surface area contributed by atoms with Gasteiger partial charge in [-0.15, -0.1) is 0 Å². The first-order valence-corrected chi connectivity index (χ1v) is 7.66. The smallest absolute Gasteiger partial charge is 0.344 e. The zero-order chi connectivity index (χ0) is 17.9. The van der Waals surface area contributed by atoms with Gasteiger partial charge in [-0.05, 0) is 11.1 Å². The summed E-state index contributed by atoms with van der Waals surface area (Å²) in [5.41, 5.74) is 2.08. The van der Waals surface area contributed by atoms with Crippen LogP contribution in [0.2, 0.25) is 0 Å². The minimum absolute atomic E-state index is 0.263. The van der Waals surface area contributed by atoms with Crippen molar-refractivity contribution in [2.24, 2.45) is 0 Å². The summed E-state index contributed by atoms with van der Waals surface area (Å²) >= 11 is 0. The van der Waals surface area contributed by atoms with Crippen LogP contribution < -0.4 is 10.7 Å². The molecule has 1 aliphatic heterocycles. The number of methoxy groups -OCH3 is 1. The molecule has 1 aliphatic rings. The molecule has 1 saturated heterocycles. The van der Waals surface area contributed by atoms with Crippen molar-refractivity contribution < 1.29 is 19.1 Å². The number of carbonyl (C=O) groups is 3. The zero-order valence-corrected chi connectivity index (χ0v) is 13.6. The number of amides is 4. The van der Waals surface area contributed by atoms with Gasteiger partial charge in [0.25, 0.3) is 11.8 Å². The summed E-state index contributed by atoms with van der Waals surface area (Å²) in [4.78, 5) is 37.4. The molecular weight excluding hydrogens is 322 g/mol. The number of hydrogen-bond donors (Lipinski definition) is 2. The standard InChI is InChI=1S/C18H17N3O4/c1-25-12-15(22)20-21-16(23)18(19-17(21)24,13-8-4-2-5-9-13)14-10-6-3-7-11-14/h2-11H,12H2,1H3,(H,19,24)(H,20,22). The normalized spacial score (nSPS) is 15.8. The number of urea groups is 1. The lowest BCUT2D eigenvalue weighted by Gasteiger charge is -2.27. The maximum atomic E-state index is 13.2. The number of benzene rings is 2. The first-order chi connectivity index (χ1) is 12.1. The molecule has 0 unspecified atom stereocenters. The van der Waals surface area contributed by atoms with Crippen molar-refractivity contribution in [3.63, 3.8) is 0 Å². The molecule has 25 heavy (non-hydrogen) atoms. The summed E-state index contributed by atoms with van der Waals surface area (Å²) in [5.74, 6) is -1.18. The topological polar surface area (TPSA) is 87.7 Å². The van der Waals surface area contributed by atoms with Crippen molar-refractivity contribution in [1.29, 1.82) is 0 Å². The van der Waals surface area contributed by atoms with E-state index in [0.717, 1.165) is 0 Å². The van der Waals surface area contributed by atoms with E-state index in [4.69, 9.17) is 4.74 Å². The van der Waals surface area contributed by atoms with E-state index in [-0.39, 0.29) is 6.61 Å². The van der Waals surface area contributed by atoms with Gasteiger partial charge < -0.3 is 10.1 Å². The Morgan fingerprint density at radius 3 is 2.04 bits per heavy atom. The first kappa shape index (κ1) is 16.7. The van der Waals surface area contributed by atoms with Gasteiger partial charge >= 0.3 is 6.03 Å². The highest BCUT2D eigenvalue weighted by Crippen LogP contribution is 2.35. The predicted molar refractivity (Wildman–Crippen MR) is 89.1 cm³/mol. The number of carbonyl (C=O) groups excluding carboxylic acids is 3. The molecule has 0 atom stereocenters. The molecule has 1 heterocycles. The number of hydrazine groups is 1. The van der Waals surface area contributed by atoms with Gasteiger partial charge in [0.15, 0.2) is 5.54 Å². The van der Waals surface area contributed by atoms with Crippen LogP contribution in [-0.4, -0.2) is 36.6 Å². The van der Waals surface area contributed by atoms with E-state index in [1.807, 2.05) is 12.1 Å². The van der Waals surface area contributed by atoms with Crippen LogP contribution in [0.3, 0.4) is 0 Å². The van der Waals surface area contributed by atoms with Crippen LogP contribution in [0.25, 0.3) is 0 Å². The van der Waals surface area contributed by atoms with Gasteiger partial charge in [0, 0.05) is 7.11 Å². The van der Waals surface area contributed by atoms with Crippen LogP contribution in [0.1, 0.15) is 11.1 Å². The lowest BCUT2D eigenvalue weighted by Crippen LogP contribution is -2.49. The number of rotatable bonds is 5. The third-order valence-electron chi connectivity index (χ3n) is 3.95. The fourth-order valence-electron chi connectivity index (χ4n) is 2.85. The van der Waals surface area contributed by atoms with E-state index >= 15 is 0 Å². The van der Waals surface area contributed by atoms with Gasteiger partial charge in [-0.3, -0.25) is 15.0 Å². The van der Waals surface area contributed by atoms with Crippen molar-refractivity contribution in [2.45, 2.75) is 5.54 Å². The average molecular weight is 339 g/mol. The van der Waals surface area contributed by atoms with Crippen LogP contribution in [0, 0.1) is 0 Å². The minimum atomic E-state index is -1.40. The molecule has 0 bridgehead atoms. The third kappa shape index (κ3) is 2.85. The second-order valence-electron chi connectivity index (χ2n) is 5.52. The Labute approximate surface area is 144 Å². The fraction of sp³-hybridized carbons (Fsp3) is 0.167. The van der Waals surface area contributed by atoms with Crippen molar-refractivity contribution in [3.05, 3.63) is 71.8 Å². The molecule has 0 aliphatic carbocycles. The Morgan fingerprint density at radius 2 is 1.56 bits per heavy atom. The zero-order valence-electron chi connectivity index (χ0n) is 13.6. The molecule has 7 heteroatoms. The Bertz CT molecular complexity index is 753. The van der Waals surface area contributed by atoms with Crippen LogP contribution in [0.5, 0.6) is 0 Å². The lowest BCUT2D eigenvalue weighted by molar-refractivity contribution is -0.139. The van der Waals surface area contributed by atoms with Crippen molar-refractivity contribution in [3.8, 4) is 0 Å². The van der Waals surface area contributed by atoms with Gasteiger partial charge in [0.05, 0.1) is 0 Å². The Kier molecular flexibility index (Phi) is 4.49. The molecule has 3 rings (SSSR count). The number of hydrogen-bond acceptors (Lipinski definition) is 4. The molecule has 2 N–H and O–H groups in total. The summed E-state index contributed by atoms with van der Waals surface area (Å²) in [6.07, 6.45) is 0. The average Bonchev–Trinajstić information content (AvgIpc) is 2.89. The van der Waals surface area contributed by atoms with Crippen molar-refractivity contribution in [2.75, 3.05) is 13.7 Å². The van der Waals surface area contributed by atoms with Crippen molar-refractivity contribution >= 4 is 17.8 Å². The summed E-state index contributed by atoms with van der Waals surface area (Å²) in [6, 6.07) is 17.1. The van der Waals surface area contributed by atoms with Crippen LogP contribution in [0.4, 0.5) is 4.79 Å². The minimum Gasteiger partial charge on any atom is -0.375 e. The molecule has 0 radical (unpaired) electrons. The highest BCUT2D eigenvalue weighted by atomic mass is 16.5. The van der Waals surface area contributed by atoms with Gasteiger partial charge in [0.1, 0.15) is 6.61 Å². The summed E-state index contributed by atoms with van der Waals surface area (Å²) in [6.45, 7) is -0.263. The van der Waals surface area contributed by atoms with E-state index in [2.05, 4.69) is 10.7 Å². The maximum absolute atomic E-state index is 13.2. The van der Waals surface area contributed by atoms with Gasteiger partial charge in [-0.2, -0.15) is 5.01 Å². The maximum Gasteiger partial charge on any atom is 0.344 e. The largest absolute Gasteiger partial charge is 0.375 e. The van der Waals surface area contributed by atoms with Crippen LogP contribution >= 0.6 is 0 Å². The number of nitrogens with one attached hydrogen (secondary N) is 2. The fourth-order valence-corrected chi connectivity index (χ4v) is 2.85. The number of ether oxygens (including phenoxy) is 1.